The van der Waals surface area contributed by atoms with Crippen molar-refractivity contribution >= 4 is 11.7 Å². The Labute approximate surface area is 110 Å². The quantitative estimate of drug-likeness (QED) is 0.629. The van der Waals surface area contributed by atoms with Crippen LogP contribution in [0, 0.1) is 16.0 Å². The number of H-pyrrole nitrogens is 1. The second-order valence-corrected chi connectivity index (χ2v) is 4.85. The summed E-state index contributed by atoms with van der Waals surface area (Å²) in [5.41, 5.74) is 5.82. The van der Waals surface area contributed by atoms with E-state index in [-0.39, 0.29) is 17.4 Å². The number of aromatic amines is 1. The summed E-state index contributed by atoms with van der Waals surface area (Å²) in [6.45, 7) is 2.01. The van der Waals surface area contributed by atoms with E-state index in [0.29, 0.717) is 25.6 Å². The Kier molecular flexibility index (Phi) is 4.16. The van der Waals surface area contributed by atoms with Crippen LogP contribution in [-0.4, -0.2) is 40.3 Å². The Balaban J connectivity index is 2.03. The molecule has 2 rings (SSSR count). The lowest BCUT2D eigenvalue weighted by molar-refractivity contribution is -0.389. The number of hydrogen-bond donors (Lipinski definition) is 2. The van der Waals surface area contributed by atoms with Gasteiger partial charge in [-0.3, -0.25) is 4.79 Å². The van der Waals surface area contributed by atoms with Crippen LogP contribution in [0.3, 0.4) is 0 Å². The maximum absolute atomic E-state index is 12.2. The second kappa shape index (κ2) is 5.83. The summed E-state index contributed by atoms with van der Waals surface area (Å²) in [5.74, 6) is 0.112. The van der Waals surface area contributed by atoms with Gasteiger partial charge in [-0.1, -0.05) is 0 Å². The third-order valence-corrected chi connectivity index (χ3v) is 3.48. The van der Waals surface area contributed by atoms with Gasteiger partial charge in [0, 0.05) is 19.2 Å². The van der Waals surface area contributed by atoms with Gasteiger partial charge < -0.3 is 20.7 Å². The van der Waals surface area contributed by atoms with Gasteiger partial charge in [0.15, 0.2) is 5.69 Å². The maximum Gasteiger partial charge on any atom is 0.321 e. The molecule has 3 N–H and O–H groups in total. The van der Waals surface area contributed by atoms with Crippen molar-refractivity contribution in [1.29, 1.82) is 0 Å². The highest BCUT2D eigenvalue weighted by Gasteiger charge is 2.26. The van der Waals surface area contributed by atoms with Gasteiger partial charge in [-0.15, -0.1) is 0 Å². The van der Waals surface area contributed by atoms with E-state index < -0.39 is 4.92 Å². The number of amides is 1. The molecule has 0 aliphatic carbocycles. The Bertz CT molecular complexity index is 469. The third kappa shape index (κ3) is 3.11. The standard InChI is InChI=1S/C12H18N4O3/c13-6-5-9-2-1-7-15(8-9)12(17)10-3-4-11(14-10)16(18)19/h3-4,9,14H,1-2,5-8,13H2. The lowest BCUT2D eigenvalue weighted by atomic mass is 9.95. The molecule has 1 aromatic heterocycles. The lowest BCUT2D eigenvalue weighted by Gasteiger charge is -2.31. The molecule has 0 bridgehead atoms. The molecule has 0 aromatic carbocycles. The van der Waals surface area contributed by atoms with Crippen LogP contribution < -0.4 is 5.73 Å². The van der Waals surface area contributed by atoms with E-state index in [1.54, 1.807) is 4.90 Å². The minimum atomic E-state index is -0.537. The molecule has 1 aromatic rings. The molecule has 1 atom stereocenters. The van der Waals surface area contributed by atoms with Crippen molar-refractivity contribution in [3.63, 3.8) is 0 Å². The number of piperidine rings is 1. The summed E-state index contributed by atoms with van der Waals surface area (Å²) in [6.07, 6.45) is 2.96. The Morgan fingerprint density at radius 2 is 2.37 bits per heavy atom. The zero-order chi connectivity index (χ0) is 13.8. The predicted octanol–water partition coefficient (Wildman–Crippen LogP) is 1.12. The van der Waals surface area contributed by atoms with Crippen LogP contribution in [0.2, 0.25) is 0 Å². The van der Waals surface area contributed by atoms with E-state index in [0.717, 1.165) is 19.3 Å². The van der Waals surface area contributed by atoms with Crippen LogP contribution in [0.25, 0.3) is 0 Å². The van der Waals surface area contributed by atoms with Gasteiger partial charge >= 0.3 is 5.82 Å². The van der Waals surface area contributed by atoms with Crippen LogP contribution in [0.15, 0.2) is 12.1 Å². The summed E-state index contributed by atoms with van der Waals surface area (Å²) >= 11 is 0. The van der Waals surface area contributed by atoms with Gasteiger partial charge in [0.2, 0.25) is 0 Å². The average molecular weight is 266 g/mol. The number of hydrogen-bond acceptors (Lipinski definition) is 4. The molecule has 1 aliphatic heterocycles. The van der Waals surface area contributed by atoms with Crippen LogP contribution in [-0.2, 0) is 0 Å². The molecule has 7 heteroatoms. The summed E-state index contributed by atoms with van der Waals surface area (Å²) in [5, 5.41) is 10.6. The summed E-state index contributed by atoms with van der Waals surface area (Å²) in [4.78, 5) is 26.6. The van der Waals surface area contributed by atoms with Gasteiger partial charge in [0.1, 0.15) is 0 Å². The molecule has 1 unspecified atom stereocenters. The Morgan fingerprint density at radius 3 is 3.00 bits per heavy atom. The van der Waals surface area contributed by atoms with Crippen molar-refractivity contribution in [2.75, 3.05) is 19.6 Å². The monoisotopic (exact) mass is 266 g/mol. The molecule has 19 heavy (non-hydrogen) atoms. The zero-order valence-electron chi connectivity index (χ0n) is 10.7. The highest BCUT2D eigenvalue weighted by Crippen LogP contribution is 2.21. The molecule has 104 valence electrons. The molecule has 2 heterocycles. The minimum absolute atomic E-state index is 0.154. The molecule has 7 nitrogen and oxygen atoms in total. The fourth-order valence-electron chi connectivity index (χ4n) is 2.51. The molecule has 0 saturated carbocycles. The van der Waals surface area contributed by atoms with Gasteiger partial charge in [-0.2, -0.15) is 0 Å². The fourth-order valence-corrected chi connectivity index (χ4v) is 2.51. The number of carbonyl (C=O) groups excluding carboxylic acids is 1. The molecular weight excluding hydrogens is 248 g/mol. The zero-order valence-corrected chi connectivity index (χ0v) is 10.7. The first-order valence-corrected chi connectivity index (χ1v) is 6.44. The summed E-state index contributed by atoms with van der Waals surface area (Å²) < 4.78 is 0. The molecule has 1 saturated heterocycles. The summed E-state index contributed by atoms with van der Waals surface area (Å²) in [6, 6.07) is 2.78. The normalized spacial score (nSPS) is 19.4. The van der Waals surface area contributed by atoms with Crippen LogP contribution in [0.5, 0.6) is 0 Å². The molecule has 1 amide bonds. The molecule has 0 radical (unpaired) electrons. The van der Waals surface area contributed by atoms with Crippen molar-refractivity contribution in [3.05, 3.63) is 27.9 Å². The Morgan fingerprint density at radius 1 is 1.58 bits per heavy atom. The smallest absolute Gasteiger partial charge is 0.321 e. The highest BCUT2D eigenvalue weighted by molar-refractivity contribution is 5.93. The highest BCUT2D eigenvalue weighted by atomic mass is 16.6. The molecular formula is C12H18N4O3. The number of rotatable bonds is 4. The maximum atomic E-state index is 12.2. The first-order chi connectivity index (χ1) is 9.11. The van der Waals surface area contributed by atoms with E-state index in [1.807, 2.05) is 0 Å². The van der Waals surface area contributed by atoms with Gasteiger partial charge in [0.05, 0.1) is 0 Å². The van der Waals surface area contributed by atoms with Crippen molar-refractivity contribution in [2.24, 2.45) is 11.7 Å². The molecule has 1 aliphatic rings. The number of nitrogens with zero attached hydrogens (tertiary/aromatic N) is 2. The number of nitrogens with two attached hydrogens (primary N) is 1. The number of carbonyl (C=O) groups is 1. The topological polar surface area (TPSA) is 105 Å². The predicted molar refractivity (Wildman–Crippen MR) is 69.7 cm³/mol. The lowest BCUT2D eigenvalue weighted by Crippen LogP contribution is -2.40. The largest absolute Gasteiger partial charge is 0.358 e. The van der Waals surface area contributed by atoms with E-state index in [4.69, 9.17) is 5.73 Å². The van der Waals surface area contributed by atoms with E-state index in [9.17, 15) is 14.9 Å². The number of aromatic nitrogens is 1. The fraction of sp³-hybridized carbons (Fsp3) is 0.583. The number of nitrogens with one attached hydrogen (secondary N) is 1. The van der Waals surface area contributed by atoms with Gasteiger partial charge in [0.25, 0.3) is 5.91 Å². The Hall–Kier alpha value is -1.89. The van der Waals surface area contributed by atoms with Crippen molar-refractivity contribution in [2.45, 2.75) is 19.3 Å². The van der Waals surface area contributed by atoms with Crippen molar-refractivity contribution in [1.82, 2.24) is 9.88 Å². The molecule has 1 fully saturated rings. The SMILES string of the molecule is NCCC1CCCN(C(=O)c2ccc([N+](=O)[O-])[nH]2)C1. The van der Waals surface area contributed by atoms with E-state index >= 15 is 0 Å². The van der Waals surface area contributed by atoms with Gasteiger partial charge in [-0.05, 0) is 42.7 Å². The molecule has 0 spiro atoms. The van der Waals surface area contributed by atoms with E-state index in [1.165, 1.54) is 12.1 Å². The first kappa shape index (κ1) is 13.5. The van der Waals surface area contributed by atoms with Crippen LogP contribution in [0.4, 0.5) is 5.82 Å². The van der Waals surface area contributed by atoms with Crippen LogP contribution in [0.1, 0.15) is 29.8 Å². The van der Waals surface area contributed by atoms with E-state index in [2.05, 4.69) is 4.98 Å². The van der Waals surface area contributed by atoms with Crippen molar-refractivity contribution in [3.8, 4) is 0 Å². The average Bonchev–Trinajstić information content (AvgIpc) is 2.88. The summed E-state index contributed by atoms with van der Waals surface area (Å²) in [7, 11) is 0. The number of nitro groups is 1. The minimum Gasteiger partial charge on any atom is -0.358 e. The van der Waals surface area contributed by atoms with Crippen molar-refractivity contribution < 1.29 is 9.72 Å². The second-order valence-electron chi connectivity index (χ2n) is 4.85. The first-order valence-electron chi connectivity index (χ1n) is 6.44. The number of likely N-dealkylation sites (tertiary alicyclic amines) is 1. The van der Waals surface area contributed by atoms with Crippen LogP contribution >= 0.6 is 0 Å². The van der Waals surface area contributed by atoms with Gasteiger partial charge in [-0.25, -0.2) is 4.98 Å². The third-order valence-electron chi connectivity index (χ3n) is 3.48.